The van der Waals surface area contributed by atoms with Crippen LogP contribution in [0, 0.1) is 5.82 Å². The van der Waals surface area contributed by atoms with Crippen molar-refractivity contribution < 1.29 is 12.8 Å². The van der Waals surface area contributed by atoms with Gasteiger partial charge in [0.25, 0.3) is 15.6 Å². The van der Waals surface area contributed by atoms with Gasteiger partial charge in [-0.05, 0) is 18.2 Å². The Morgan fingerprint density at radius 3 is 2.46 bits per heavy atom. The first kappa shape index (κ1) is 16.4. The van der Waals surface area contributed by atoms with E-state index < -0.39 is 27.1 Å². The largest absolute Gasteiger partial charge is 0.332 e. The second-order valence-corrected chi connectivity index (χ2v) is 7.19. The summed E-state index contributed by atoms with van der Waals surface area (Å²) < 4.78 is 41.2. The highest BCUT2D eigenvalue weighted by molar-refractivity contribution is 7.90. The lowest BCUT2D eigenvalue weighted by molar-refractivity contribution is 0.587. The second-order valence-electron chi connectivity index (χ2n) is 5.00. The Labute approximate surface area is 139 Å². The topological polar surface area (TPSA) is 96.0 Å². The number of rotatable bonds is 2. The van der Waals surface area contributed by atoms with E-state index in [1.165, 1.54) is 14.1 Å². The molecule has 0 aliphatic carbocycles. The number of benzene rings is 1. The molecule has 24 heavy (non-hydrogen) atoms. The molecule has 0 aliphatic heterocycles. The van der Waals surface area contributed by atoms with Crippen LogP contribution in [0.25, 0.3) is 11.2 Å². The average Bonchev–Trinajstić information content (AvgIpc) is 2.96. The SMILES string of the molecule is Cn1c(=O)c2c(ncn2S(=O)(=O)c2ccc(F)cc2Cl)n(C)c1=O. The van der Waals surface area contributed by atoms with Gasteiger partial charge in [0.15, 0.2) is 11.2 Å². The minimum absolute atomic E-state index is 0.0927. The molecule has 0 N–H and O–H groups in total. The standard InChI is InChI=1S/C13H10ClFN4O4S/c1-17-11-10(12(20)18(2)13(17)21)19(6-16-11)24(22,23)9-4-3-7(15)5-8(9)14/h3-6H,1-2H3. The molecule has 0 saturated heterocycles. The van der Waals surface area contributed by atoms with Crippen LogP contribution < -0.4 is 11.2 Å². The van der Waals surface area contributed by atoms with Crippen LogP contribution in [0.1, 0.15) is 0 Å². The van der Waals surface area contributed by atoms with Crippen molar-refractivity contribution >= 4 is 32.8 Å². The first-order valence-corrected chi connectivity index (χ1v) is 8.31. The van der Waals surface area contributed by atoms with Crippen molar-refractivity contribution in [2.75, 3.05) is 0 Å². The quantitative estimate of drug-likeness (QED) is 0.651. The smallest absolute Gasteiger partial charge is 0.279 e. The molecule has 8 nitrogen and oxygen atoms in total. The number of nitrogens with zero attached hydrogens (tertiary/aromatic N) is 4. The maximum atomic E-state index is 13.2. The summed E-state index contributed by atoms with van der Waals surface area (Å²) >= 11 is 5.82. The predicted molar refractivity (Wildman–Crippen MR) is 84.2 cm³/mol. The van der Waals surface area contributed by atoms with Crippen LogP contribution in [0.4, 0.5) is 4.39 Å². The molecule has 0 fully saturated rings. The van der Waals surface area contributed by atoms with Gasteiger partial charge >= 0.3 is 5.69 Å². The van der Waals surface area contributed by atoms with E-state index in [1.807, 2.05) is 0 Å². The van der Waals surface area contributed by atoms with Gasteiger partial charge in [-0.1, -0.05) is 11.6 Å². The summed E-state index contributed by atoms with van der Waals surface area (Å²) in [6.45, 7) is 0. The summed E-state index contributed by atoms with van der Waals surface area (Å²) in [5.74, 6) is -0.701. The van der Waals surface area contributed by atoms with E-state index in [0.29, 0.717) is 3.97 Å². The summed E-state index contributed by atoms with van der Waals surface area (Å²) in [5.41, 5.74) is -1.87. The zero-order chi connectivity index (χ0) is 17.8. The van der Waals surface area contributed by atoms with Crippen LogP contribution in [-0.4, -0.2) is 26.5 Å². The van der Waals surface area contributed by atoms with Crippen molar-refractivity contribution in [3.8, 4) is 0 Å². The van der Waals surface area contributed by atoms with Gasteiger partial charge in [-0.15, -0.1) is 0 Å². The highest BCUT2D eigenvalue weighted by Gasteiger charge is 2.26. The summed E-state index contributed by atoms with van der Waals surface area (Å²) in [7, 11) is -1.73. The third kappa shape index (κ3) is 2.18. The Morgan fingerprint density at radius 1 is 1.17 bits per heavy atom. The number of aryl methyl sites for hydroxylation is 1. The monoisotopic (exact) mass is 372 g/mol. The van der Waals surface area contributed by atoms with Crippen molar-refractivity contribution in [1.82, 2.24) is 18.1 Å². The molecule has 0 amide bonds. The van der Waals surface area contributed by atoms with E-state index in [0.717, 1.165) is 33.7 Å². The van der Waals surface area contributed by atoms with Gasteiger partial charge in [0.1, 0.15) is 17.0 Å². The summed E-state index contributed by atoms with van der Waals surface area (Å²) in [4.78, 5) is 27.7. The van der Waals surface area contributed by atoms with Gasteiger partial charge < -0.3 is 0 Å². The number of aromatic nitrogens is 4. The van der Waals surface area contributed by atoms with Crippen LogP contribution in [0.3, 0.4) is 0 Å². The lowest BCUT2D eigenvalue weighted by Crippen LogP contribution is -2.38. The Kier molecular flexibility index (Phi) is 3.61. The number of hydrogen-bond acceptors (Lipinski definition) is 5. The highest BCUT2D eigenvalue weighted by Crippen LogP contribution is 2.25. The average molecular weight is 373 g/mol. The van der Waals surface area contributed by atoms with Crippen LogP contribution in [0.5, 0.6) is 0 Å². The summed E-state index contributed by atoms with van der Waals surface area (Å²) in [6, 6.07) is 2.78. The molecule has 0 bridgehead atoms. The molecule has 3 rings (SSSR count). The van der Waals surface area contributed by atoms with E-state index in [9.17, 15) is 22.4 Å². The molecular weight excluding hydrogens is 363 g/mol. The van der Waals surface area contributed by atoms with Crippen molar-refractivity contribution in [3.63, 3.8) is 0 Å². The fourth-order valence-corrected chi connectivity index (χ4v) is 4.08. The van der Waals surface area contributed by atoms with Gasteiger partial charge in [0, 0.05) is 14.1 Å². The zero-order valence-electron chi connectivity index (χ0n) is 12.4. The lowest BCUT2D eigenvalue weighted by Gasteiger charge is -2.09. The van der Waals surface area contributed by atoms with Crippen molar-refractivity contribution in [1.29, 1.82) is 0 Å². The van der Waals surface area contributed by atoms with E-state index >= 15 is 0 Å². The van der Waals surface area contributed by atoms with Gasteiger partial charge in [-0.25, -0.2) is 26.6 Å². The van der Waals surface area contributed by atoms with Crippen molar-refractivity contribution in [3.05, 3.63) is 56.2 Å². The number of hydrogen-bond donors (Lipinski definition) is 0. The Hall–Kier alpha value is -2.46. The van der Waals surface area contributed by atoms with E-state index in [-0.39, 0.29) is 21.1 Å². The Morgan fingerprint density at radius 2 is 1.83 bits per heavy atom. The molecule has 2 heterocycles. The van der Waals surface area contributed by atoms with E-state index in [1.54, 1.807) is 0 Å². The molecule has 3 aromatic rings. The van der Waals surface area contributed by atoms with Gasteiger partial charge in [0.05, 0.1) is 5.02 Å². The predicted octanol–water partition coefficient (Wildman–Crippen LogP) is 0.463. The third-order valence-electron chi connectivity index (χ3n) is 3.55. The van der Waals surface area contributed by atoms with Crippen molar-refractivity contribution in [2.45, 2.75) is 4.90 Å². The maximum Gasteiger partial charge on any atom is 0.332 e. The second kappa shape index (κ2) is 5.28. The number of fused-ring (bicyclic) bond motifs is 1. The molecule has 2 aromatic heterocycles. The van der Waals surface area contributed by atoms with Crippen molar-refractivity contribution in [2.24, 2.45) is 14.1 Å². The highest BCUT2D eigenvalue weighted by atomic mass is 35.5. The van der Waals surface area contributed by atoms with Crippen LogP contribution >= 0.6 is 11.6 Å². The first-order valence-electron chi connectivity index (χ1n) is 6.50. The molecule has 0 spiro atoms. The number of halogens is 2. The molecular formula is C13H10ClFN4O4S. The molecule has 0 saturated carbocycles. The minimum Gasteiger partial charge on any atom is -0.279 e. The minimum atomic E-state index is -4.31. The Balaban J connectivity index is 2.43. The molecule has 1 aromatic carbocycles. The van der Waals surface area contributed by atoms with Crippen LogP contribution in [0.15, 0.2) is 39.0 Å². The van der Waals surface area contributed by atoms with Crippen LogP contribution in [0.2, 0.25) is 5.02 Å². The van der Waals surface area contributed by atoms with E-state index in [2.05, 4.69) is 4.98 Å². The third-order valence-corrected chi connectivity index (χ3v) is 5.68. The molecule has 0 radical (unpaired) electrons. The Bertz CT molecular complexity index is 1210. The zero-order valence-corrected chi connectivity index (χ0v) is 14.0. The number of imidazole rings is 1. The molecule has 0 unspecified atom stereocenters. The normalized spacial score (nSPS) is 12.0. The maximum absolute atomic E-state index is 13.2. The van der Waals surface area contributed by atoms with Crippen LogP contribution in [-0.2, 0) is 24.1 Å². The van der Waals surface area contributed by atoms with Gasteiger partial charge in [-0.3, -0.25) is 13.9 Å². The lowest BCUT2D eigenvalue weighted by atomic mass is 10.3. The summed E-state index contributed by atoms with van der Waals surface area (Å²) in [6.07, 6.45) is 0.903. The fraction of sp³-hybridized carbons (Fsp3) is 0.154. The van der Waals surface area contributed by atoms with E-state index in [4.69, 9.17) is 11.6 Å². The van der Waals surface area contributed by atoms with Gasteiger partial charge in [0.2, 0.25) is 0 Å². The van der Waals surface area contributed by atoms with Gasteiger partial charge in [-0.2, -0.15) is 0 Å². The molecule has 0 aliphatic rings. The summed E-state index contributed by atoms with van der Waals surface area (Å²) in [5, 5.41) is -0.335. The molecule has 11 heteroatoms. The first-order chi connectivity index (χ1) is 11.2. The fourth-order valence-electron chi connectivity index (χ4n) is 2.29. The molecule has 0 atom stereocenters. The molecule has 126 valence electrons.